The van der Waals surface area contributed by atoms with Crippen molar-refractivity contribution >= 4 is 5.84 Å². The zero-order chi connectivity index (χ0) is 13.9. The first-order valence-electron chi connectivity index (χ1n) is 5.98. The summed E-state index contributed by atoms with van der Waals surface area (Å²) in [6, 6.07) is 5.81. The van der Waals surface area contributed by atoms with E-state index >= 15 is 0 Å². The number of aliphatic imine (C=N–C) groups is 1. The van der Waals surface area contributed by atoms with Crippen molar-refractivity contribution in [3.63, 3.8) is 0 Å². The average Bonchev–Trinajstić information content (AvgIpc) is 2.86. The molecule has 4 N–H and O–H groups in total. The molecule has 0 aliphatic carbocycles. The Kier molecular flexibility index (Phi) is 3.74. The minimum absolute atomic E-state index is 0.329. The molecular weight excluding hydrogens is 246 g/mol. The molecule has 0 saturated carbocycles. The number of amidine groups is 1. The molecule has 7 heteroatoms. The average molecular weight is 263 g/mol. The minimum atomic E-state index is -1.15. The number of aromatic nitrogens is 1. The molecule has 1 aromatic rings. The summed E-state index contributed by atoms with van der Waals surface area (Å²) in [5, 5.41) is 18.4. The molecule has 0 spiro atoms. The highest BCUT2D eigenvalue weighted by atomic mass is 16.5. The number of aliphatic hydroxyl groups is 1. The molecule has 2 heterocycles. The first-order chi connectivity index (χ1) is 9.15. The number of hydrogen-bond acceptors (Lipinski definition) is 6. The van der Waals surface area contributed by atoms with Crippen molar-refractivity contribution in [2.45, 2.75) is 18.4 Å². The van der Waals surface area contributed by atoms with Gasteiger partial charge in [-0.15, -0.1) is 0 Å². The molecule has 0 saturated heterocycles. The molecule has 0 aromatic carbocycles. The third kappa shape index (κ3) is 2.41. The van der Waals surface area contributed by atoms with Crippen LogP contribution in [0.25, 0.3) is 0 Å². The number of nitriles is 1. The predicted molar refractivity (Wildman–Crippen MR) is 70.1 cm³/mol. The van der Waals surface area contributed by atoms with E-state index in [1.165, 1.54) is 7.11 Å². The predicted octanol–water partition coefficient (Wildman–Crippen LogP) is -0.458. The lowest BCUT2D eigenvalue weighted by Crippen LogP contribution is -2.36. The molecule has 7 nitrogen and oxygen atoms in total. The van der Waals surface area contributed by atoms with E-state index in [0.29, 0.717) is 25.3 Å². The first-order valence-corrected chi connectivity index (χ1v) is 5.98. The highest BCUT2D eigenvalue weighted by Gasteiger charge is 2.29. The number of rotatable bonds is 5. The molecule has 0 fully saturated rings. The van der Waals surface area contributed by atoms with Crippen LogP contribution in [0.15, 0.2) is 17.1 Å². The summed E-state index contributed by atoms with van der Waals surface area (Å²) in [7, 11) is 1.43. The van der Waals surface area contributed by atoms with E-state index in [1.54, 1.807) is 0 Å². The Labute approximate surface area is 111 Å². The smallest absolute Gasteiger partial charge is 0.176 e. The maximum atomic E-state index is 9.28. The maximum absolute atomic E-state index is 9.28. The summed E-state index contributed by atoms with van der Waals surface area (Å²) in [6.07, 6.45) is 0.987. The number of hydrogen-bond donors (Lipinski definition) is 3. The van der Waals surface area contributed by atoms with Crippen LogP contribution in [0, 0.1) is 11.3 Å². The Morgan fingerprint density at radius 2 is 2.47 bits per heavy atom. The van der Waals surface area contributed by atoms with E-state index in [4.69, 9.17) is 15.7 Å². The Morgan fingerprint density at radius 3 is 3.11 bits per heavy atom. The van der Waals surface area contributed by atoms with Gasteiger partial charge in [-0.3, -0.25) is 4.68 Å². The molecule has 0 radical (unpaired) electrons. The Balaban J connectivity index is 2.14. The van der Waals surface area contributed by atoms with Gasteiger partial charge in [0.25, 0.3) is 0 Å². The molecule has 1 aliphatic heterocycles. The van der Waals surface area contributed by atoms with Gasteiger partial charge >= 0.3 is 0 Å². The fraction of sp³-hybridized carbons (Fsp3) is 0.500. The van der Waals surface area contributed by atoms with Gasteiger partial charge < -0.3 is 21.0 Å². The molecule has 1 aliphatic rings. The zero-order valence-electron chi connectivity index (χ0n) is 10.8. The number of nitrogens with zero attached hydrogens (tertiary/aromatic N) is 3. The van der Waals surface area contributed by atoms with Crippen molar-refractivity contribution in [3.05, 3.63) is 23.5 Å². The van der Waals surface area contributed by atoms with Crippen LogP contribution in [0.1, 0.15) is 17.8 Å². The van der Waals surface area contributed by atoms with Gasteiger partial charge in [0.05, 0.1) is 6.61 Å². The monoisotopic (exact) mass is 263 g/mol. The van der Waals surface area contributed by atoms with Crippen LogP contribution in [0.4, 0.5) is 0 Å². The Morgan fingerprint density at radius 1 is 1.68 bits per heavy atom. The second kappa shape index (κ2) is 5.30. The molecular formula is C12H17N5O2. The van der Waals surface area contributed by atoms with Crippen LogP contribution in [0.2, 0.25) is 0 Å². The summed E-state index contributed by atoms with van der Waals surface area (Å²) in [5.41, 5.74) is 9.51. The second-order valence-corrected chi connectivity index (χ2v) is 4.37. The van der Waals surface area contributed by atoms with Crippen molar-refractivity contribution in [3.8, 4) is 6.07 Å². The zero-order valence-corrected chi connectivity index (χ0v) is 10.8. The summed E-state index contributed by atoms with van der Waals surface area (Å²) >= 11 is 0. The van der Waals surface area contributed by atoms with Crippen LogP contribution >= 0.6 is 0 Å². The molecule has 0 bridgehead atoms. The van der Waals surface area contributed by atoms with Gasteiger partial charge in [-0.2, -0.15) is 5.26 Å². The normalized spacial score (nSPS) is 16.8. The lowest BCUT2D eigenvalue weighted by atomic mass is 9.99. The molecule has 0 amide bonds. The van der Waals surface area contributed by atoms with E-state index in [9.17, 15) is 5.11 Å². The summed E-state index contributed by atoms with van der Waals surface area (Å²) in [6.45, 7) is 0.0960. The van der Waals surface area contributed by atoms with Crippen molar-refractivity contribution in [1.29, 1.82) is 5.26 Å². The van der Waals surface area contributed by atoms with E-state index in [1.807, 2.05) is 22.9 Å². The Hall–Kier alpha value is -2.04. The van der Waals surface area contributed by atoms with E-state index in [-0.39, 0.29) is 6.61 Å². The molecule has 1 aromatic heterocycles. The second-order valence-electron chi connectivity index (χ2n) is 4.37. The van der Waals surface area contributed by atoms with E-state index in [2.05, 4.69) is 10.4 Å². The third-order valence-corrected chi connectivity index (χ3v) is 3.34. The van der Waals surface area contributed by atoms with Gasteiger partial charge in [-0.1, -0.05) is 0 Å². The van der Waals surface area contributed by atoms with Gasteiger partial charge in [0.2, 0.25) is 0 Å². The lowest BCUT2D eigenvalue weighted by Gasteiger charge is -2.23. The summed E-state index contributed by atoms with van der Waals surface area (Å²) in [5.74, 6) is 0.491. The molecule has 2 rings (SSSR count). The highest BCUT2D eigenvalue weighted by Crippen LogP contribution is 2.19. The fourth-order valence-electron chi connectivity index (χ4n) is 2.05. The van der Waals surface area contributed by atoms with Gasteiger partial charge in [0, 0.05) is 12.8 Å². The number of nitrogens with two attached hydrogens (primary N) is 1. The maximum Gasteiger partial charge on any atom is 0.176 e. The van der Waals surface area contributed by atoms with Crippen molar-refractivity contribution in [2.24, 2.45) is 10.7 Å². The van der Waals surface area contributed by atoms with Gasteiger partial charge in [0.15, 0.2) is 5.60 Å². The number of fused-ring (bicyclic) bond motifs is 1. The van der Waals surface area contributed by atoms with Crippen LogP contribution in [-0.4, -0.2) is 41.6 Å². The van der Waals surface area contributed by atoms with Gasteiger partial charge in [0.1, 0.15) is 24.3 Å². The third-order valence-electron chi connectivity index (χ3n) is 3.34. The molecule has 102 valence electrons. The number of aryl methyl sites for hydroxylation is 1. The number of nitrogens with one attached hydrogen (secondary N) is 1. The van der Waals surface area contributed by atoms with Crippen molar-refractivity contribution < 1.29 is 9.84 Å². The van der Waals surface area contributed by atoms with Crippen LogP contribution in [0.5, 0.6) is 0 Å². The van der Waals surface area contributed by atoms with Crippen molar-refractivity contribution in [2.75, 3.05) is 25.8 Å². The number of aliphatic hydroxyl groups excluding tert-OH is 1. The van der Waals surface area contributed by atoms with Crippen LogP contribution < -0.4 is 11.2 Å². The Bertz CT molecular complexity index is 525. The molecule has 1 unspecified atom stereocenters. The van der Waals surface area contributed by atoms with E-state index < -0.39 is 5.60 Å². The summed E-state index contributed by atoms with van der Waals surface area (Å²) < 4.78 is 6.97. The topological polar surface area (TPSA) is 109 Å². The van der Waals surface area contributed by atoms with E-state index in [0.717, 1.165) is 11.4 Å². The summed E-state index contributed by atoms with van der Waals surface area (Å²) in [4.78, 5) is 4.09. The van der Waals surface area contributed by atoms with Gasteiger partial charge in [-0.25, -0.2) is 4.99 Å². The highest BCUT2D eigenvalue weighted by molar-refractivity contribution is 5.96. The molecule has 1 atom stereocenters. The first kappa shape index (κ1) is 13.4. The minimum Gasteiger partial charge on any atom is -0.392 e. The fourth-order valence-corrected chi connectivity index (χ4v) is 2.05. The van der Waals surface area contributed by atoms with Crippen molar-refractivity contribution in [1.82, 2.24) is 4.68 Å². The van der Waals surface area contributed by atoms with Crippen LogP contribution in [-0.2, 0) is 11.2 Å². The lowest BCUT2D eigenvalue weighted by molar-refractivity contribution is -0.0138. The van der Waals surface area contributed by atoms with Crippen LogP contribution in [0.3, 0.4) is 0 Å². The quantitative estimate of drug-likeness (QED) is 0.666. The standard InChI is InChI=1S/C12H17N5O2/c1-19-12(6-13,7-18)5-4-9-2-3-10-11(14)15-8-16-17(9)10/h2-3,16,18H,4-5,7-8H2,1H3,(H2,14,15). The number of ether oxygens (including phenoxy) is 1. The number of methoxy groups -OCH3 is 1. The molecule has 19 heavy (non-hydrogen) atoms. The van der Waals surface area contributed by atoms with Gasteiger partial charge in [-0.05, 0) is 25.0 Å². The SMILES string of the molecule is COC(C#N)(CO)CCc1ccc2n1NCN=C2N. The largest absolute Gasteiger partial charge is 0.392 e.